The van der Waals surface area contributed by atoms with Gasteiger partial charge in [0, 0.05) is 11.1 Å². The third-order valence-electron chi connectivity index (χ3n) is 3.89. The van der Waals surface area contributed by atoms with Gasteiger partial charge in [-0.1, -0.05) is 30.3 Å². The van der Waals surface area contributed by atoms with Crippen LogP contribution in [0.15, 0.2) is 59.7 Å². The molecule has 1 amide bonds. The van der Waals surface area contributed by atoms with Crippen LogP contribution < -0.4 is 14.9 Å². The Bertz CT molecular complexity index is 957. The van der Waals surface area contributed by atoms with E-state index < -0.39 is 0 Å². The highest BCUT2D eigenvalue weighted by atomic mass is 16.5. The lowest BCUT2D eigenvalue weighted by atomic mass is 10.1. The molecule has 0 heterocycles. The van der Waals surface area contributed by atoms with Gasteiger partial charge < -0.3 is 14.6 Å². The van der Waals surface area contributed by atoms with E-state index in [2.05, 4.69) is 10.5 Å². The van der Waals surface area contributed by atoms with Crippen molar-refractivity contribution in [2.24, 2.45) is 5.10 Å². The van der Waals surface area contributed by atoms with Crippen LogP contribution in [0.1, 0.15) is 15.9 Å². The van der Waals surface area contributed by atoms with Crippen LogP contribution in [0.4, 0.5) is 0 Å². The van der Waals surface area contributed by atoms with E-state index in [0.717, 1.165) is 10.8 Å². The van der Waals surface area contributed by atoms with Gasteiger partial charge in [-0.3, -0.25) is 4.79 Å². The molecular formula is C20H18N2O4. The Labute approximate surface area is 150 Å². The predicted octanol–water partition coefficient (Wildman–Crippen LogP) is 3.33. The third kappa shape index (κ3) is 3.59. The molecule has 0 aliphatic rings. The lowest BCUT2D eigenvalue weighted by Crippen LogP contribution is -2.17. The van der Waals surface area contributed by atoms with Crippen LogP contribution in [0.25, 0.3) is 10.8 Å². The van der Waals surface area contributed by atoms with E-state index in [1.165, 1.54) is 20.4 Å². The molecule has 0 saturated carbocycles. The molecule has 2 N–H and O–H groups in total. The molecule has 0 aromatic heterocycles. The molecule has 0 aliphatic heterocycles. The van der Waals surface area contributed by atoms with Crippen LogP contribution in [0.3, 0.4) is 0 Å². The normalized spacial score (nSPS) is 10.8. The lowest BCUT2D eigenvalue weighted by molar-refractivity contribution is 0.0955. The average Bonchev–Trinajstić information content (AvgIpc) is 2.68. The van der Waals surface area contributed by atoms with E-state index in [4.69, 9.17) is 9.47 Å². The minimum atomic E-state index is -0.315. The summed E-state index contributed by atoms with van der Waals surface area (Å²) in [5.74, 6) is 0.107. The van der Waals surface area contributed by atoms with Crippen LogP contribution in [-0.4, -0.2) is 31.4 Å². The number of ether oxygens (including phenoxy) is 2. The van der Waals surface area contributed by atoms with Crippen LogP contribution in [0, 0.1) is 0 Å². The average molecular weight is 350 g/mol. The number of aromatic hydroxyl groups is 1. The number of nitrogens with zero attached hydrogens (tertiary/aromatic N) is 1. The summed E-state index contributed by atoms with van der Waals surface area (Å²) in [6, 6.07) is 16.4. The Morgan fingerprint density at radius 2 is 1.65 bits per heavy atom. The van der Waals surface area contributed by atoms with Gasteiger partial charge in [0.1, 0.15) is 0 Å². The molecule has 0 spiro atoms. The third-order valence-corrected chi connectivity index (χ3v) is 3.89. The summed E-state index contributed by atoms with van der Waals surface area (Å²) in [6.07, 6.45) is 1.45. The topological polar surface area (TPSA) is 80.2 Å². The number of benzene rings is 3. The Balaban J connectivity index is 1.76. The van der Waals surface area contributed by atoms with E-state index in [1.807, 2.05) is 36.4 Å². The molecule has 0 saturated heterocycles. The number of phenols is 1. The van der Waals surface area contributed by atoms with E-state index >= 15 is 0 Å². The maximum absolute atomic E-state index is 12.3. The van der Waals surface area contributed by atoms with E-state index in [-0.39, 0.29) is 23.2 Å². The second kappa shape index (κ2) is 7.57. The second-order valence-corrected chi connectivity index (χ2v) is 5.54. The fraction of sp³-hybridized carbons (Fsp3) is 0.100. The highest BCUT2D eigenvalue weighted by Gasteiger charge is 2.10. The molecule has 3 aromatic rings. The van der Waals surface area contributed by atoms with E-state index in [1.54, 1.807) is 18.2 Å². The first-order valence-corrected chi connectivity index (χ1v) is 7.89. The van der Waals surface area contributed by atoms with Gasteiger partial charge in [-0.2, -0.15) is 5.10 Å². The van der Waals surface area contributed by atoms with E-state index in [9.17, 15) is 9.90 Å². The summed E-state index contributed by atoms with van der Waals surface area (Å²) in [7, 11) is 2.88. The number of nitrogens with one attached hydrogen (secondary N) is 1. The van der Waals surface area contributed by atoms with Gasteiger partial charge in [-0.05, 0) is 35.0 Å². The molecule has 132 valence electrons. The first-order chi connectivity index (χ1) is 12.6. The SMILES string of the molecule is COc1cc(/C=N/NC(=O)c2ccc3ccccc3c2)cc(OC)c1O. The molecule has 6 heteroatoms. The maximum atomic E-state index is 12.3. The molecule has 26 heavy (non-hydrogen) atoms. The van der Waals surface area contributed by atoms with Crippen molar-refractivity contribution in [1.29, 1.82) is 0 Å². The zero-order valence-corrected chi connectivity index (χ0v) is 14.4. The zero-order chi connectivity index (χ0) is 18.5. The van der Waals surface area contributed by atoms with Gasteiger partial charge >= 0.3 is 0 Å². The summed E-state index contributed by atoms with van der Waals surface area (Å²) < 4.78 is 10.2. The van der Waals surface area contributed by atoms with Crippen LogP contribution in [0.5, 0.6) is 17.2 Å². The standard InChI is InChI=1S/C20H18N2O4/c1-25-17-9-13(10-18(26-2)19(17)23)12-21-22-20(24)16-8-7-14-5-3-4-6-15(14)11-16/h3-12,23H,1-2H3,(H,22,24)/b21-12+. The molecule has 0 aliphatic carbocycles. The fourth-order valence-electron chi connectivity index (χ4n) is 2.55. The van der Waals surface area contributed by atoms with Gasteiger partial charge in [-0.25, -0.2) is 5.43 Å². The van der Waals surface area contributed by atoms with E-state index in [0.29, 0.717) is 11.1 Å². The summed E-state index contributed by atoms with van der Waals surface area (Å²) >= 11 is 0. The quantitative estimate of drug-likeness (QED) is 0.546. The Morgan fingerprint density at radius 1 is 1.00 bits per heavy atom. The summed E-state index contributed by atoms with van der Waals surface area (Å²) in [6.45, 7) is 0. The highest BCUT2D eigenvalue weighted by molar-refractivity contribution is 5.99. The minimum Gasteiger partial charge on any atom is -0.502 e. The summed E-state index contributed by atoms with van der Waals surface area (Å²) in [5, 5.41) is 15.9. The largest absolute Gasteiger partial charge is 0.502 e. The van der Waals surface area contributed by atoms with Gasteiger partial charge in [0.2, 0.25) is 5.75 Å². The summed E-state index contributed by atoms with van der Waals surface area (Å²) in [4.78, 5) is 12.3. The Hall–Kier alpha value is -3.54. The first-order valence-electron chi connectivity index (χ1n) is 7.89. The van der Waals surface area contributed by atoms with Crippen molar-refractivity contribution >= 4 is 22.9 Å². The van der Waals surface area contributed by atoms with Crippen molar-refractivity contribution < 1.29 is 19.4 Å². The number of fused-ring (bicyclic) bond motifs is 1. The van der Waals surface area contributed by atoms with Gasteiger partial charge in [-0.15, -0.1) is 0 Å². The molecule has 0 fully saturated rings. The molecule has 3 aromatic carbocycles. The number of methoxy groups -OCH3 is 2. The van der Waals surface area contributed by atoms with Crippen molar-refractivity contribution in [3.63, 3.8) is 0 Å². The molecule has 0 atom stereocenters. The lowest BCUT2D eigenvalue weighted by Gasteiger charge is -2.09. The monoisotopic (exact) mass is 350 g/mol. The van der Waals surface area contributed by atoms with Crippen molar-refractivity contribution in [2.75, 3.05) is 14.2 Å². The van der Waals surface area contributed by atoms with Crippen LogP contribution in [-0.2, 0) is 0 Å². The number of hydrazone groups is 1. The minimum absolute atomic E-state index is 0.0904. The maximum Gasteiger partial charge on any atom is 0.271 e. The van der Waals surface area contributed by atoms with Crippen molar-refractivity contribution in [2.45, 2.75) is 0 Å². The van der Waals surface area contributed by atoms with Crippen LogP contribution in [0.2, 0.25) is 0 Å². The Kier molecular flexibility index (Phi) is 5.03. The van der Waals surface area contributed by atoms with Gasteiger partial charge in [0.15, 0.2) is 11.5 Å². The fourth-order valence-corrected chi connectivity index (χ4v) is 2.55. The zero-order valence-electron chi connectivity index (χ0n) is 14.4. The number of amides is 1. The highest BCUT2D eigenvalue weighted by Crippen LogP contribution is 2.36. The number of phenolic OH excluding ortho intramolecular Hbond substituents is 1. The summed E-state index contributed by atoms with van der Waals surface area (Å²) in [5.41, 5.74) is 3.61. The number of carbonyl (C=O) groups is 1. The van der Waals surface area contributed by atoms with Crippen molar-refractivity contribution in [1.82, 2.24) is 5.43 Å². The number of hydrogen-bond acceptors (Lipinski definition) is 5. The molecule has 6 nitrogen and oxygen atoms in total. The number of hydrogen-bond donors (Lipinski definition) is 2. The molecule has 0 unspecified atom stereocenters. The smallest absolute Gasteiger partial charge is 0.271 e. The predicted molar refractivity (Wildman–Crippen MR) is 100 cm³/mol. The molecular weight excluding hydrogens is 332 g/mol. The molecule has 3 rings (SSSR count). The Morgan fingerprint density at radius 3 is 2.31 bits per heavy atom. The van der Waals surface area contributed by atoms with Crippen LogP contribution >= 0.6 is 0 Å². The van der Waals surface area contributed by atoms with Crippen molar-refractivity contribution in [3.05, 3.63) is 65.7 Å². The van der Waals surface area contributed by atoms with Gasteiger partial charge in [0.05, 0.1) is 20.4 Å². The number of rotatable bonds is 5. The number of carbonyl (C=O) groups excluding carboxylic acids is 1. The van der Waals surface area contributed by atoms with Crippen molar-refractivity contribution in [3.8, 4) is 17.2 Å². The first kappa shape index (κ1) is 17.3. The second-order valence-electron chi connectivity index (χ2n) is 5.54. The molecule has 0 bridgehead atoms. The van der Waals surface area contributed by atoms with Gasteiger partial charge in [0.25, 0.3) is 5.91 Å². The molecule has 0 radical (unpaired) electrons.